The molecule has 0 amide bonds. The monoisotopic (exact) mass is 269 g/mol. The number of alkyl halides is 3. The van der Waals surface area contributed by atoms with Gasteiger partial charge in [0.1, 0.15) is 0 Å². The van der Waals surface area contributed by atoms with Crippen LogP contribution in [0.5, 0.6) is 0 Å². The van der Waals surface area contributed by atoms with Crippen molar-refractivity contribution >= 4 is 11.8 Å². The van der Waals surface area contributed by atoms with Gasteiger partial charge in [-0.1, -0.05) is 0 Å². The van der Waals surface area contributed by atoms with Crippen molar-refractivity contribution in [2.24, 2.45) is 0 Å². The number of nitrogens with one attached hydrogen (secondary N) is 1. The molecule has 0 saturated carbocycles. The van der Waals surface area contributed by atoms with E-state index >= 15 is 0 Å². The fraction of sp³-hybridized carbons (Fsp3) is 1.00. The number of rotatable bonds is 3. The van der Waals surface area contributed by atoms with Crippen LogP contribution < -0.4 is 5.32 Å². The van der Waals surface area contributed by atoms with Gasteiger partial charge in [-0.05, 0) is 25.0 Å². The van der Waals surface area contributed by atoms with Gasteiger partial charge in [0.05, 0.1) is 12.0 Å². The molecule has 2 heterocycles. The molecular formula is C11H18F3NOS. The predicted molar refractivity (Wildman–Crippen MR) is 62.3 cm³/mol. The first kappa shape index (κ1) is 13.5. The molecule has 2 fully saturated rings. The highest BCUT2D eigenvalue weighted by Crippen LogP contribution is 2.38. The van der Waals surface area contributed by atoms with Crippen LogP contribution >= 0.6 is 11.8 Å². The molecule has 0 aliphatic carbocycles. The Morgan fingerprint density at radius 2 is 2.24 bits per heavy atom. The first-order valence-corrected chi connectivity index (χ1v) is 7.16. The molecule has 6 heteroatoms. The molecular weight excluding hydrogens is 251 g/mol. The molecule has 2 atom stereocenters. The summed E-state index contributed by atoms with van der Waals surface area (Å²) in [6.45, 7) is 0.696. The lowest BCUT2D eigenvalue weighted by molar-refractivity contribution is -0.134. The van der Waals surface area contributed by atoms with Gasteiger partial charge in [0.15, 0.2) is 0 Å². The largest absolute Gasteiger partial charge is 0.390 e. The number of hydrogen-bond acceptors (Lipinski definition) is 3. The summed E-state index contributed by atoms with van der Waals surface area (Å²) in [5.74, 6) is 2.10. The van der Waals surface area contributed by atoms with Gasteiger partial charge < -0.3 is 10.1 Å². The van der Waals surface area contributed by atoms with E-state index in [1.54, 1.807) is 0 Å². The number of hydrogen-bond donors (Lipinski definition) is 1. The van der Waals surface area contributed by atoms with Gasteiger partial charge in [0.25, 0.3) is 0 Å². The Morgan fingerprint density at radius 3 is 2.88 bits per heavy atom. The van der Waals surface area contributed by atoms with E-state index in [9.17, 15) is 13.2 Å². The number of ether oxygens (including phenoxy) is 1. The first-order valence-electron chi connectivity index (χ1n) is 6.01. The molecule has 2 rings (SSSR count). The van der Waals surface area contributed by atoms with E-state index in [2.05, 4.69) is 5.32 Å². The van der Waals surface area contributed by atoms with Crippen molar-refractivity contribution in [1.82, 2.24) is 5.32 Å². The number of thioether (sulfide) groups is 1. The van der Waals surface area contributed by atoms with E-state index in [1.165, 1.54) is 0 Å². The second-order valence-corrected chi connectivity index (χ2v) is 5.95. The summed E-state index contributed by atoms with van der Waals surface area (Å²) >= 11 is 1.88. The lowest BCUT2D eigenvalue weighted by Crippen LogP contribution is -2.47. The van der Waals surface area contributed by atoms with Crippen molar-refractivity contribution in [2.75, 3.05) is 24.7 Å². The van der Waals surface area contributed by atoms with Crippen molar-refractivity contribution in [2.45, 2.75) is 43.5 Å². The molecule has 2 saturated heterocycles. The molecule has 0 aromatic heterocycles. The molecule has 0 bridgehead atoms. The zero-order valence-electron chi connectivity index (χ0n) is 9.68. The molecule has 2 aliphatic heterocycles. The third-order valence-corrected chi connectivity index (χ3v) is 4.62. The minimum Gasteiger partial charge on any atom is -0.374 e. The van der Waals surface area contributed by atoms with Crippen LogP contribution in [0.3, 0.4) is 0 Å². The molecule has 2 unspecified atom stereocenters. The van der Waals surface area contributed by atoms with Crippen molar-refractivity contribution in [3.05, 3.63) is 0 Å². The Bertz CT molecular complexity index is 254. The van der Waals surface area contributed by atoms with Crippen LogP contribution in [0.15, 0.2) is 0 Å². The zero-order valence-corrected chi connectivity index (χ0v) is 10.5. The maximum Gasteiger partial charge on any atom is 0.390 e. The topological polar surface area (TPSA) is 21.3 Å². The van der Waals surface area contributed by atoms with Gasteiger partial charge in [-0.15, -0.1) is 0 Å². The summed E-state index contributed by atoms with van der Waals surface area (Å²) in [4.78, 5) is 0. The van der Waals surface area contributed by atoms with Crippen LogP contribution in [0, 0.1) is 0 Å². The smallest absolute Gasteiger partial charge is 0.374 e. The van der Waals surface area contributed by atoms with E-state index in [4.69, 9.17) is 4.74 Å². The van der Waals surface area contributed by atoms with E-state index in [0.29, 0.717) is 6.61 Å². The predicted octanol–water partition coefficient (Wildman–Crippen LogP) is 2.58. The molecule has 0 aromatic rings. The Hall–Kier alpha value is 0.0600. The Morgan fingerprint density at radius 1 is 1.41 bits per heavy atom. The lowest BCUT2D eigenvalue weighted by Gasteiger charge is -2.38. The molecule has 100 valence electrons. The van der Waals surface area contributed by atoms with E-state index in [-0.39, 0.29) is 18.2 Å². The average molecular weight is 269 g/mol. The van der Waals surface area contributed by atoms with Crippen molar-refractivity contribution in [3.63, 3.8) is 0 Å². The van der Waals surface area contributed by atoms with Gasteiger partial charge in [-0.3, -0.25) is 0 Å². The molecule has 1 N–H and O–H groups in total. The highest BCUT2D eigenvalue weighted by atomic mass is 32.2. The van der Waals surface area contributed by atoms with Crippen LogP contribution in [-0.4, -0.2) is 42.5 Å². The van der Waals surface area contributed by atoms with Gasteiger partial charge in [0, 0.05) is 24.9 Å². The van der Waals surface area contributed by atoms with Crippen LogP contribution in [0.4, 0.5) is 13.2 Å². The van der Waals surface area contributed by atoms with Crippen LogP contribution in [-0.2, 0) is 4.74 Å². The summed E-state index contributed by atoms with van der Waals surface area (Å²) in [7, 11) is 0. The third-order valence-electron chi connectivity index (χ3n) is 3.40. The van der Waals surface area contributed by atoms with Gasteiger partial charge in [0.2, 0.25) is 0 Å². The van der Waals surface area contributed by atoms with E-state index < -0.39 is 12.6 Å². The summed E-state index contributed by atoms with van der Waals surface area (Å²) in [6.07, 6.45) is -2.08. The molecule has 17 heavy (non-hydrogen) atoms. The fourth-order valence-electron chi connectivity index (χ4n) is 2.48. The summed E-state index contributed by atoms with van der Waals surface area (Å²) in [5.41, 5.74) is -0.0567. The van der Waals surface area contributed by atoms with Crippen molar-refractivity contribution in [3.8, 4) is 0 Å². The minimum absolute atomic E-state index is 0.0252. The summed E-state index contributed by atoms with van der Waals surface area (Å²) in [6, 6.07) is 0.185. The third kappa shape index (κ3) is 4.03. The quantitative estimate of drug-likeness (QED) is 0.851. The molecule has 1 spiro atoms. The second-order valence-electron chi connectivity index (χ2n) is 4.84. The average Bonchev–Trinajstić information content (AvgIpc) is 2.64. The van der Waals surface area contributed by atoms with Gasteiger partial charge >= 0.3 is 6.18 Å². The fourth-order valence-corrected chi connectivity index (χ4v) is 3.86. The van der Waals surface area contributed by atoms with E-state index in [1.807, 2.05) is 11.8 Å². The molecule has 0 radical (unpaired) electrons. The van der Waals surface area contributed by atoms with Crippen LogP contribution in [0.2, 0.25) is 0 Å². The Labute approximate surface area is 104 Å². The minimum atomic E-state index is -4.06. The number of halogens is 3. The van der Waals surface area contributed by atoms with Crippen LogP contribution in [0.25, 0.3) is 0 Å². The molecule has 2 nitrogen and oxygen atoms in total. The highest BCUT2D eigenvalue weighted by molar-refractivity contribution is 7.99. The highest BCUT2D eigenvalue weighted by Gasteiger charge is 2.40. The second kappa shape index (κ2) is 5.36. The zero-order chi connectivity index (χ0) is 12.4. The Kier molecular flexibility index (Phi) is 4.26. The summed E-state index contributed by atoms with van der Waals surface area (Å²) in [5, 5.41) is 3.02. The summed E-state index contributed by atoms with van der Waals surface area (Å²) < 4.78 is 41.9. The van der Waals surface area contributed by atoms with Crippen LogP contribution in [0.1, 0.15) is 25.7 Å². The van der Waals surface area contributed by atoms with Crippen molar-refractivity contribution in [1.29, 1.82) is 0 Å². The SMILES string of the molecule is FC(F)(F)CCNC1CCOC2(CCSC2)C1. The van der Waals surface area contributed by atoms with Gasteiger partial charge in [-0.2, -0.15) is 24.9 Å². The standard InChI is InChI=1S/C11H18F3NOS/c12-11(13,14)2-4-15-9-1-5-16-10(7-9)3-6-17-8-10/h9,15H,1-8H2. The van der Waals surface area contributed by atoms with E-state index in [0.717, 1.165) is 30.8 Å². The van der Waals surface area contributed by atoms with Crippen molar-refractivity contribution < 1.29 is 17.9 Å². The Balaban J connectivity index is 1.74. The lowest BCUT2D eigenvalue weighted by atomic mass is 9.90. The first-order chi connectivity index (χ1) is 7.99. The maximum absolute atomic E-state index is 12.0. The molecule has 2 aliphatic rings. The normalized spacial score (nSPS) is 34.4. The maximum atomic E-state index is 12.0. The molecule has 0 aromatic carbocycles. The van der Waals surface area contributed by atoms with Gasteiger partial charge in [-0.25, -0.2) is 0 Å².